The molecule has 0 radical (unpaired) electrons. The van der Waals surface area contributed by atoms with Gasteiger partial charge in [-0.3, -0.25) is 9.59 Å². The van der Waals surface area contributed by atoms with Gasteiger partial charge in [0.15, 0.2) is 0 Å². The first-order valence-electron chi connectivity index (χ1n) is 12.7. The predicted octanol–water partition coefficient (Wildman–Crippen LogP) is 4.41. The molecule has 0 saturated heterocycles. The molecule has 0 aliphatic heterocycles. The first-order valence-corrected chi connectivity index (χ1v) is 16.6. The summed E-state index contributed by atoms with van der Waals surface area (Å²) in [5.41, 5.74) is 17.0. The van der Waals surface area contributed by atoms with Gasteiger partial charge in [-0.25, -0.2) is 8.42 Å². The van der Waals surface area contributed by atoms with E-state index in [-0.39, 0.29) is 12.9 Å². The summed E-state index contributed by atoms with van der Waals surface area (Å²) in [5, 5.41) is 7.35. The molecule has 0 aliphatic carbocycles. The smallest absolute Gasteiger partial charge is 0.323 e. The van der Waals surface area contributed by atoms with Gasteiger partial charge >= 0.3 is 11.9 Å². The van der Waals surface area contributed by atoms with E-state index in [9.17, 15) is 18.0 Å². The van der Waals surface area contributed by atoms with Crippen LogP contribution in [0, 0.1) is 0 Å². The summed E-state index contributed by atoms with van der Waals surface area (Å²) in [6, 6.07) is 21.5. The van der Waals surface area contributed by atoms with Gasteiger partial charge in [0.05, 0.1) is 19.1 Å². The molecular weight excluding hydrogens is 728 g/mol. The van der Waals surface area contributed by atoms with Gasteiger partial charge in [0.2, 0.25) is 0 Å². The van der Waals surface area contributed by atoms with Gasteiger partial charge in [0.1, 0.15) is 12.1 Å². The lowest BCUT2D eigenvalue weighted by atomic mass is 10.1. The molecule has 2 unspecified atom stereocenters. The molecule has 0 aromatic heterocycles. The van der Waals surface area contributed by atoms with Crippen molar-refractivity contribution in [3.05, 3.63) is 87.3 Å². The number of carbonyl (C=O) groups is 2. The molecular formula is C29H35Br2ClN4O6S. The molecule has 4 aromatic carbocycles. The molecule has 4 aromatic rings. The van der Waals surface area contributed by atoms with Gasteiger partial charge in [0, 0.05) is 40.7 Å². The van der Waals surface area contributed by atoms with Crippen molar-refractivity contribution in [2.24, 2.45) is 17.2 Å². The summed E-state index contributed by atoms with van der Waals surface area (Å²) >= 11 is 6.81. The summed E-state index contributed by atoms with van der Waals surface area (Å²) in [6.07, 6.45) is 0. The highest BCUT2D eigenvalue weighted by molar-refractivity contribution is 9.10. The Labute approximate surface area is 273 Å². The lowest BCUT2D eigenvalue weighted by Gasteiger charge is -2.11. The largest absolute Gasteiger partial charge is 0.468 e. The highest BCUT2D eigenvalue weighted by Crippen LogP contribution is 2.24. The van der Waals surface area contributed by atoms with Gasteiger partial charge in [-0.05, 0) is 69.6 Å². The molecule has 2 atom stereocenters. The molecule has 0 fully saturated rings. The van der Waals surface area contributed by atoms with E-state index in [1.165, 1.54) is 31.1 Å². The molecule has 0 heterocycles. The second-order valence-electron chi connectivity index (χ2n) is 9.04. The fraction of sp³-hybridized carbons (Fsp3) is 0.241. The Bertz CT molecular complexity index is 1670. The number of nitrogens with two attached hydrogens (primary N) is 3. The van der Waals surface area contributed by atoms with E-state index in [4.69, 9.17) is 27.9 Å². The Morgan fingerprint density at radius 3 is 1.77 bits per heavy atom. The van der Waals surface area contributed by atoms with Crippen molar-refractivity contribution in [3.8, 4) is 0 Å². The number of nitrogens with one attached hydrogen (secondary N) is 1. The summed E-state index contributed by atoms with van der Waals surface area (Å²) in [4.78, 5) is 21.6. The van der Waals surface area contributed by atoms with E-state index < -0.39 is 33.1 Å². The average molecular weight is 764 g/mol. The van der Waals surface area contributed by atoms with Crippen LogP contribution in [0.2, 0.25) is 0 Å². The van der Waals surface area contributed by atoms with Crippen LogP contribution in [0.3, 0.4) is 0 Å². The lowest BCUT2D eigenvalue weighted by molar-refractivity contribution is -0.142. The third kappa shape index (κ3) is 12.1. The second kappa shape index (κ2) is 17.6. The highest BCUT2D eigenvalue weighted by Gasteiger charge is 2.13. The summed E-state index contributed by atoms with van der Waals surface area (Å²) in [5.74, 6) is -0.867. The van der Waals surface area contributed by atoms with Crippen molar-refractivity contribution in [1.29, 1.82) is 0 Å². The molecule has 234 valence electrons. The zero-order valence-electron chi connectivity index (χ0n) is 23.4. The number of halogens is 3. The SMILES string of the molecule is COC(=O)C(N)CN.COC(=O)C(N)CNCc1ccc2cc(Br)ccc2c1.O=S(=O)(Cl)c1ccc2cc(Br)ccc2c1.[2HH]. The summed E-state index contributed by atoms with van der Waals surface area (Å²) in [7, 11) is 4.22. The van der Waals surface area contributed by atoms with Gasteiger partial charge < -0.3 is 32.0 Å². The van der Waals surface area contributed by atoms with Gasteiger partial charge in [-0.2, -0.15) is 0 Å². The minimum atomic E-state index is -3.64. The molecule has 0 spiro atoms. The number of hydrogen-bond acceptors (Lipinski definition) is 10. The Morgan fingerprint density at radius 2 is 1.28 bits per heavy atom. The van der Waals surface area contributed by atoms with Crippen molar-refractivity contribution in [3.63, 3.8) is 0 Å². The van der Waals surface area contributed by atoms with Crippen molar-refractivity contribution in [2.45, 2.75) is 23.5 Å². The average Bonchev–Trinajstić information content (AvgIpc) is 2.99. The van der Waals surface area contributed by atoms with E-state index in [2.05, 4.69) is 77.0 Å². The van der Waals surface area contributed by atoms with Crippen LogP contribution in [-0.4, -0.2) is 59.7 Å². The first kappa shape index (κ1) is 36.6. The zero-order chi connectivity index (χ0) is 32.2. The lowest BCUT2D eigenvalue weighted by Crippen LogP contribution is -2.40. The number of ether oxygens (including phenoxy) is 2. The number of fused-ring (bicyclic) bond motifs is 2. The predicted molar refractivity (Wildman–Crippen MR) is 179 cm³/mol. The van der Waals surface area contributed by atoms with Gasteiger partial charge in [0.25, 0.3) is 9.05 Å². The van der Waals surface area contributed by atoms with Crippen LogP contribution in [0.15, 0.2) is 86.6 Å². The fourth-order valence-electron chi connectivity index (χ4n) is 3.58. The maximum Gasteiger partial charge on any atom is 0.323 e. The Morgan fingerprint density at radius 1 is 0.814 bits per heavy atom. The third-order valence-corrected chi connectivity index (χ3v) is 8.22. The van der Waals surface area contributed by atoms with Crippen molar-refractivity contribution in [1.82, 2.24) is 5.32 Å². The van der Waals surface area contributed by atoms with E-state index in [0.29, 0.717) is 13.1 Å². The van der Waals surface area contributed by atoms with Crippen LogP contribution in [-0.2, 0) is 34.7 Å². The van der Waals surface area contributed by atoms with Crippen LogP contribution in [0.25, 0.3) is 21.5 Å². The number of methoxy groups -OCH3 is 2. The van der Waals surface area contributed by atoms with Crippen molar-refractivity contribution >= 4 is 85.1 Å². The normalized spacial score (nSPS) is 12.3. The number of hydrogen-bond donors (Lipinski definition) is 4. The standard InChI is InChI=1S/C15H17BrN2O2.C10H6BrClO2S.C4H10N2O2.H2/c1-20-15(19)14(17)9-18-8-10-2-3-12-7-13(16)5-4-11(12)6-10;11-9-3-1-8-6-10(15(12,13)14)4-2-7(8)5-9;1-8-4(7)3(6)2-5;/h2-7,14,18H,8-9,17H2,1H3;1-6H;3H,2,5-6H2,1H3;1H/i;;;1+1. The zero-order valence-corrected chi connectivity index (χ0v) is 28.2. The fourth-order valence-corrected chi connectivity index (χ4v) is 5.12. The van der Waals surface area contributed by atoms with Crippen molar-refractivity contribution in [2.75, 3.05) is 27.3 Å². The van der Waals surface area contributed by atoms with Crippen LogP contribution >= 0.6 is 42.5 Å². The van der Waals surface area contributed by atoms with Gasteiger partial charge in [-0.1, -0.05) is 62.2 Å². The molecule has 43 heavy (non-hydrogen) atoms. The molecule has 14 heteroatoms. The summed E-state index contributed by atoms with van der Waals surface area (Å²) < 4.78 is 33.1. The minimum absolute atomic E-state index is 0. The molecule has 0 saturated carbocycles. The number of benzene rings is 4. The molecule has 0 aliphatic rings. The highest BCUT2D eigenvalue weighted by atomic mass is 79.9. The molecule has 0 bridgehead atoms. The van der Waals surface area contributed by atoms with E-state index >= 15 is 0 Å². The Balaban J connectivity index is 0.000000357. The maximum atomic E-state index is 11.2. The van der Waals surface area contributed by atoms with E-state index in [0.717, 1.165) is 25.3 Å². The van der Waals surface area contributed by atoms with Crippen LogP contribution < -0.4 is 22.5 Å². The van der Waals surface area contributed by atoms with Crippen molar-refractivity contribution < 1.29 is 28.9 Å². The molecule has 4 rings (SSSR count). The summed E-state index contributed by atoms with van der Waals surface area (Å²) in [6.45, 7) is 1.19. The maximum absolute atomic E-state index is 11.2. The van der Waals surface area contributed by atoms with Crippen LogP contribution in [0.5, 0.6) is 0 Å². The van der Waals surface area contributed by atoms with E-state index in [1.54, 1.807) is 12.1 Å². The van der Waals surface area contributed by atoms with E-state index in [1.807, 2.05) is 24.3 Å². The first-order chi connectivity index (χ1) is 20.3. The second-order valence-corrected chi connectivity index (χ2v) is 13.4. The topological polar surface area (TPSA) is 177 Å². The number of carbonyl (C=O) groups excluding carboxylic acids is 2. The molecule has 10 nitrogen and oxygen atoms in total. The Kier molecular flexibility index (Phi) is 15.0. The third-order valence-electron chi connectivity index (χ3n) is 5.88. The monoisotopic (exact) mass is 761 g/mol. The van der Waals surface area contributed by atoms with Gasteiger partial charge in [-0.15, -0.1) is 0 Å². The molecule has 0 amide bonds. The minimum Gasteiger partial charge on any atom is -0.468 e. The van der Waals surface area contributed by atoms with Crippen LogP contribution in [0.4, 0.5) is 0 Å². The quantitative estimate of drug-likeness (QED) is 0.149. The number of rotatable bonds is 8. The Hall–Kier alpha value is -2.62. The molecule has 7 N–H and O–H groups in total. The number of esters is 2. The van der Waals surface area contributed by atoms with Crippen LogP contribution in [0.1, 0.15) is 6.99 Å².